The molecule has 0 aliphatic rings. The maximum atomic E-state index is 10.6. The molecule has 0 unspecified atom stereocenters. The minimum Gasteiger partial charge on any atom is -0.378 e. The number of anilines is 1. The van der Waals surface area contributed by atoms with Gasteiger partial charge < -0.3 is 9.84 Å². The van der Waals surface area contributed by atoms with Crippen molar-refractivity contribution in [3.8, 4) is 0 Å². The number of hydrogen-bond acceptors (Lipinski definition) is 5. The van der Waals surface area contributed by atoms with E-state index in [1.807, 2.05) is 13.0 Å². The number of nitrogens with one attached hydrogen (secondary N) is 1. The van der Waals surface area contributed by atoms with Gasteiger partial charge in [-0.05, 0) is 35.6 Å². The quantitative estimate of drug-likeness (QED) is 0.515. The van der Waals surface area contributed by atoms with Crippen molar-refractivity contribution in [1.82, 2.24) is 5.16 Å². The first-order chi connectivity index (χ1) is 8.56. The molecule has 0 saturated heterocycles. The Bertz CT molecular complexity index is 583. The molecule has 2 rings (SSSR count). The van der Waals surface area contributed by atoms with Crippen LogP contribution in [0.1, 0.15) is 11.5 Å². The zero-order chi connectivity index (χ0) is 13.1. The molecular weight excluding hydrogens is 349 g/mol. The first-order valence-corrected chi connectivity index (χ1v) is 6.24. The molecule has 0 fully saturated rings. The maximum absolute atomic E-state index is 10.6. The van der Waals surface area contributed by atoms with Crippen molar-refractivity contribution in [3.63, 3.8) is 0 Å². The summed E-state index contributed by atoms with van der Waals surface area (Å²) in [5, 5.41) is 17.6. The van der Waals surface area contributed by atoms with Gasteiger partial charge in [-0.1, -0.05) is 5.16 Å². The number of nitro groups is 1. The van der Waals surface area contributed by atoms with E-state index in [2.05, 4.69) is 33.1 Å². The monoisotopic (exact) mass is 359 g/mol. The summed E-state index contributed by atoms with van der Waals surface area (Å²) in [7, 11) is 0. The Labute approximate surface area is 117 Å². The summed E-state index contributed by atoms with van der Waals surface area (Å²) in [5.41, 5.74) is 1.71. The summed E-state index contributed by atoms with van der Waals surface area (Å²) >= 11 is 2.06. The van der Waals surface area contributed by atoms with Crippen LogP contribution in [0.5, 0.6) is 0 Å². The van der Waals surface area contributed by atoms with Crippen molar-refractivity contribution in [1.29, 1.82) is 0 Å². The lowest BCUT2D eigenvalue weighted by molar-refractivity contribution is -0.384. The molecule has 0 aliphatic heterocycles. The Balaban J connectivity index is 2.08. The lowest BCUT2D eigenvalue weighted by Gasteiger charge is -2.06. The standard InChI is InChI=1S/C11H10IN3O3/c1-7-4-8(14-18-7)6-13-11-3-2-9(15(16)17)5-10(11)12/h2-5,13H,6H2,1H3. The predicted molar refractivity (Wildman–Crippen MR) is 74.4 cm³/mol. The molecule has 1 heterocycles. The second-order valence-electron chi connectivity index (χ2n) is 3.70. The molecule has 1 aromatic carbocycles. The highest BCUT2D eigenvalue weighted by Gasteiger charge is 2.09. The molecule has 0 bridgehead atoms. The van der Waals surface area contributed by atoms with Crippen LogP contribution in [0.25, 0.3) is 0 Å². The van der Waals surface area contributed by atoms with E-state index in [0.717, 1.165) is 20.7 Å². The van der Waals surface area contributed by atoms with E-state index in [4.69, 9.17) is 4.52 Å². The van der Waals surface area contributed by atoms with Gasteiger partial charge in [-0.25, -0.2) is 0 Å². The van der Waals surface area contributed by atoms with Crippen molar-refractivity contribution >= 4 is 34.0 Å². The van der Waals surface area contributed by atoms with Gasteiger partial charge in [0.2, 0.25) is 0 Å². The van der Waals surface area contributed by atoms with Gasteiger partial charge in [0.05, 0.1) is 11.5 Å². The number of hydrogen-bond donors (Lipinski definition) is 1. The van der Waals surface area contributed by atoms with E-state index in [1.165, 1.54) is 12.1 Å². The predicted octanol–water partition coefficient (Wildman–Crippen LogP) is 3.11. The van der Waals surface area contributed by atoms with Crippen molar-refractivity contribution in [2.45, 2.75) is 13.5 Å². The zero-order valence-corrected chi connectivity index (χ0v) is 11.7. The molecule has 0 aliphatic carbocycles. The van der Waals surface area contributed by atoms with Gasteiger partial charge in [0.1, 0.15) is 11.5 Å². The average molecular weight is 359 g/mol. The minimum absolute atomic E-state index is 0.0854. The fourth-order valence-electron chi connectivity index (χ4n) is 1.45. The van der Waals surface area contributed by atoms with Crippen LogP contribution in [0.3, 0.4) is 0 Å². The Hall–Kier alpha value is -1.64. The number of benzene rings is 1. The lowest BCUT2D eigenvalue weighted by Crippen LogP contribution is -2.01. The fraction of sp³-hybridized carbons (Fsp3) is 0.182. The van der Waals surface area contributed by atoms with Crippen LogP contribution in [0.2, 0.25) is 0 Å². The second-order valence-corrected chi connectivity index (χ2v) is 4.87. The van der Waals surface area contributed by atoms with Gasteiger partial charge in [-0.2, -0.15) is 0 Å². The van der Waals surface area contributed by atoms with E-state index in [-0.39, 0.29) is 5.69 Å². The van der Waals surface area contributed by atoms with Gasteiger partial charge in [-0.3, -0.25) is 10.1 Å². The Morgan fingerprint density at radius 1 is 1.50 bits per heavy atom. The van der Waals surface area contributed by atoms with E-state index in [9.17, 15) is 10.1 Å². The van der Waals surface area contributed by atoms with Crippen molar-refractivity contribution in [3.05, 3.63) is 49.4 Å². The normalized spacial score (nSPS) is 10.3. The highest BCUT2D eigenvalue weighted by atomic mass is 127. The molecule has 0 saturated carbocycles. The number of aryl methyl sites for hydroxylation is 1. The van der Waals surface area contributed by atoms with E-state index < -0.39 is 4.92 Å². The summed E-state index contributed by atoms with van der Waals surface area (Å²) in [6.45, 7) is 2.34. The fourth-order valence-corrected chi connectivity index (χ4v) is 2.14. The Morgan fingerprint density at radius 2 is 2.28 bits per heavy atom. The number of nitrogens with zero attached hydrogens (tertiary/aromatic N) is 2. The zero-order valence-electron chi connectivity index (χ0n) is 9.51. The van der Waals surface area contributed by atoms with Crippen LogP contribution in [0.15, 0.2) is 28.8 Å². The van der Waals surface area contributed by atoms with Crippen LogP contribution in [-0.2, 0) is 6.54 Å². The molecule has 1 N–H and O–H groups in total. The van der Waals surface area contributed by atoms with Crippen molar-refractivity contribution in [2.75, 3.05) is 5.32 Å². The van der Waals surface area contributed by atoms with E-state index >= 15 is 0 Å². The summed E-state index contributed by atoms with van der Waals surface area (Å²) < 4.78 is 5.75. The number of rotatable bonds is 4. The SMILES string of the molecule is Cc1cc(CNc2ccc([N+](=O)[O-])cc2I)no1. The van der Waals surface area contributed by atoms with Crippen LogP contribution in [0, 0.1) is 20.6 Å². The highest BCUT2D eigenvalue weighted by molar-refractivity contribution is 14.1. The molecule has 2 aromatic rings. The van der Waals surface area contributed by atoms with Crippen LogP contribution >= 0.6 is 22.6 Å². The van der Waals surface area contributed by atoms with Gasteiger partial charge in [0.25, 0.3) is 5.69 Å². The van der Waals surface area contributed by atoms with E-state index in [1.54, 1.807) is 6.07 Å². The first kappa shape index (κ1) is 12.8. The topological polar surface area (TPSA) is 81.2 Å². The largest absolute Gasteiger partial charge is 0.378 e. The molecule has 1 aromatic heterocycles. The number of non-ortho nitro benzene ring substituents is 1. The second kappa shape index (κ2) is 5.34. The van der Waals surface area contributed by atoms with Crippen LogP contribution in [0.4, 0.5) is 11.4 Å². The number of aromatic nitrogens is 1. The molecule has 0 amide bonds. The molecule has 18 heavy (non-hydrogen) atoms. The van der Waals surface area contributed by atoms with Crippen LogP contribution < -0.4 is 5.32 Å². The van der Waals surface area contributed by atoms with Crippen molar-refractivity contribution < 1.29 is 9.45 Å². The molecule has 7 heteroatoms. The first-order valence-electron chi connectivity index (χ1n) is 5.16. The molecular formula is C11H10IN3O3. The van der Waals surface area contributed by atoms with Gasteiger partial charge >= 0.3 is 0 Å². The molecule has 94 valence electrons. The number of nitro benzene ring substituents is 1. The summed E-state index contributed by atoms with van der Waals surface area (Å²) in [5.74, 6) is 0.755. The third-order valence-electron chi connectivity index (χ3n) is 2.30. The van der Waals surface area contributed by atoms with Gasteiger partial charge in [0, 0.05) is 27.5 Å². The lowest BCUT2D eigenvalue weighted by atomic mass is 10.3. The Kier molecular flexibility index (Phi) is 3.80. The minimum atomic E-state index is -0.410. The van der Waals surface area contributed by atoms with Gasteiger partial charge in [-0.15, -0.1) is 0 Å². The van der Waals surface area contributed by atoms with Gasteiger partial charge in [0.15, 0.2) is 0 Å². The van der Waals surface area contributed by atoms with E-state index in [0.29, 0.717) is 6.54 Å². The summed E-state index contributed by atoms with van der Waals surface area (Å²) in [6, 6.07) is 6.52. The highest BCUT2D eigenvalue weighted by Crippen LogP contribution is 2.24. The summed E-state index contributed by atoms with van der Waals surface area (Å²) in [4.78, 5) is 10.2. The molecule has 0 spiro atoms. The molecule has 6 nitrogen and oxygen atoms in total. The Morgan fingerprint density at radius 3 is 2.83 bits per heavy atom. The average Bonchev–Trinajstić information content (AvgIpc) is 2.73. The van der Waals surface area contributed by atoms with Crippen molar-refractivity contribution in [2.24, 2.45) is 0 Å². The van der Waals surface area contributed by atoms with Crippen LogP contribution in [-0.4, -0.2) is 10.1 Å². The molecule has 0 radical (unpaired) electrons. The third-order valence-corrected chi connectivity index (χ3v) is 3.19. The number of halogens is 1. The smallest absolute Gasteiger partial charge is 0.270 e. The summed E-state index contributed by atoms with van der Waals surface area (Å²) in [6.07, 6.45) is 0. The molecule has 0 atom stereocenters. The third kappa shape index (κ3) is 2.97. The maximum Gasteiger partial charge on any atom is 0.270 e.